The molecule has 0 saturated carbocycles. The molecule has 2 aromatic heterocycles. The highest BCUT2D eigenvalue weighted by molar-refractivity contribution is 9.10. The summed E-state index contributed by atoms with van der Waals surface area (Å²) in [5.74, 6) is 1.23. The van der Waals surface area contributed by atoms with Gasteiger partial charge in [-0.3, -0.25) is 4.79 Å². The predicted molar refractivity (Wildman–Crippen MR) is 61.4 cm³/mol. The van der Waals surface area contributed by atoms with Gasteiger partial charge in [0.2, 0.25) is 0 Å². The van der Waals surface area contributed by atoms with Crippen LogP contribution in [0.15, 0.2) is 19.6 Å². The number of amides is 1. The van der Waals surface area contributed by atoms with E-state index < -0.39 is 0 Å². The second-order valence-corrected chi connectivity index (χ2v) is 4.25. The highest BCUT2D eigenvalue weighted by atomic mass is 79.9. The molecular formula is C10H10BrN3O3. The van der Waals surface area contributed by atoms with Crippen LogP contribution in [0.2, 0.25) is 0 Å². The number of carbonyl (C=O) groups excluding carboxylic acids is 1. The third-order valence-corrected chi connectivity index (χ3v) is 2.45. The minimum absolute atomic E-state index is 0.253. The van der Waals surface area contributed by atoms with Crippen molar-refractivity contribution >= 4 is 21.8 Å². The Morgan fingerprint density at radius 1 is 1.53 bits per heavy atom. The zero-order valence-corrected chi connectivity index (χ0v) is 10.9. The molecule has 0 aliphatic heterocycles. The van der Waals surface area contributed by atoms with Crippen molar-refractivity contribution in [2.24, 2.45) is 0 Å². The number of rotatable bonds is 3. The number of nitrogens with one attached hydrogen (secondary N) is 1. The van der Waals surface area contributed by atoms with E-state index in [2.05, 4.69) is 31.4 Å². The molecule has 0 spiro atoms. The molecule has 2 heterocycles. The van der Waals surface area contributed by atoms with E-state index in [1.54, 1.807) is 19.9 Å². The number of hydrogen-bond acceptors (Lipinski definition) is 5. The van der Waals surface area contributed by atoms with Crippen molar-refractivity contribution in [3.63, 3.8) is 0 Å². The first-order valence-electron chi connectivity index (χ1n) is 4.89. The Kier molecular flexibility index (Phi) is 3.28. The van der Waals surface area contributed by atoms with Gasteiger partial charge >= 0.3 is 0 Å². The number of hydrogen-bond donors (Lipinski definition) is 1. The molecule has 0 bridgehead atoms. The normalized spacial score (nSPS) is 10.5. The maximum absolute atomic E-state index is 11.8. The fourth-order valence-corrected chi connectivity index (χ4v) is 1.69. The zero-order chi connectivity index (χ0) is 12.4. The topological polar surface area (TPSA) is 81.2 Å². The number of aryl methyl sites for hydroxylation is 2. The first kappa shape index (κ1) is 11.8. The molecule has 0 aliphatic carbocycles. The minimum atomic E-state index is -0.299. The van der Waals surface area contributed by atoms with Crippen LogP contribution in [0.3, 0.4) is 0 Å². The van der Waals surface area contributed by atoms with E-state index in [0.29, 0.717) is 27.7 Å². The molecule has 90 valence electrons. The van der Waals surface area contributed by atoms with Gasteiger partial charge in [-0.05, 0) is 22.9 Å². The molecule has 0 atom stereocenters. The van der Waals surface area contributed by atoms with Crippen molar-refractivity contribution in [2.75, 3.05) is 0 Å². The van der Waals surface area contributed by atoms with Crippen LogP contribution >= 0.6 is 15.9 Å². The van der Waals surface area contributed by atoms with Crippen LogP contribution in [0, 0.1) is 13.8 Å². The fourth-order valence-electron chi connectivity index (χ4n) is 1.36. The minimum Gasteiger partial charge on any atom is -0.445 e. The number of nitrogens with zero attached hydrogens (tertiary/aromatic N) is 2. The van der Waals surface area contributed by atoms with E-state index in [-0.39, 0.29) is 12.5 Å². The molecule has 6 nitrogen and oxygen atoms in total. The molecule has 1 N–H and O–H groups in total. The summed E-state index contributed by atoms with van der Waals surface area (Å²) in [7, 11) is 0. The molecular weight excluding hydrogens is 290 g/mol. The third-order valence-electron chi connectivity index (χ3n) is 2.07. The van der Waals surface area contributed by atoms with E-state index in [4.69, 9.17) is 8.94 Å². The first-order valence-corrected chi connectivity index (χ1v) is 5.69. The van der Waals surface area contributed by atoms with Crippen molar-refractivity contribution in [3.05, 3.63) is 33.8 Å². The van der Waals surface area contributed by atoms with Gasteiger partial charge in [-0.2, -0.15) is 0 Å². The van der Waals surface area contributed by atoms with Crippen molar-refractivity contribution < 1.29 is 13.7 Å². The fraction of sp³-hybridized carbons (Fsp3) is 0.300. The Labute approximate surface area is 106 Å². The first-order chi connectivity index (χ1) is 8.06. The maximum atomic E-state index is 11.8. The molecule has 1 amide bonds. The summed E-state index contributed by atoms with van der Waals surface area (Å²) in [5, 5.41) is 6.31. The quantitative estimate of drug-likeness (QED) is 0.937. The summed E-state index contributed by atoms with van der Waals surface area (Å²) in [4.78, 5) is 15.7. The Balaban J connectivity index is 2.00. The Morgan fingerprint density at radius 3 is 2.82 bits per heavy atom. The van der Waals surface area contributed by atoms with Crippen LogP contribution < -0.4 is 5.32 Å². The van der Waals surface area contributed by atoms with E-state index in [1.807, 2.05) is 0 Å². The molecule has 2 rings (SSSR count). The Morgan fingerprint density at radius 2 is 2.29 bits per heavy atom. The van der Waals surface area contributed by atoms with Crippen molar-refractivity contribution in [1.29, 1.82) is 0 Å². The highest BCUT2D eigenvalue weighted by Crippen LogP contribution is 2.11. The van der Waals surface area contributed by atoms with Crippen LogP contribution in [0.4, 0.5) is 0 Å². The maximum Gasteiger partial charge on any atom is 0.273 e. The zero-order valence-electron chi connectivity index (χ0n) is 9.28. The van der Waals surface area contributed by atoms with Crippen molar-refractivity contribution in [3.8, 4) is 0 Å². The highest BCUT2D eigenvalue weighted by Gasteiger charge is 2.15. The molecule has 0 radical (unpaired) electrons. The SMILES string of the molecule is Cc1nc(C(=O)NCc2cc(Br)no2)c(C)o1. The van der Waals surface area contributed by atoms with Gasteiger partial charge in [0.25, 0.3) is 5.91 Å². The van der Waals surface area contributed by atoms with Crippen molar-refractivity contribution in [1.82, 2.24) is 15.5 Å². The van der Waals surface area contributed by atoms with E-state index in [0.717, 1.165) is 0 Å². The molecule has 0 saturated heterocycles. The summed E-state index contributed by atoms with van der Waals surface area (Å²) < 4.78 is 10.7. The van der Waals surface area contributed by atoms with E-state index in [1.165, 1.54) is 0 Å². The smallest absolute Gasteiger partial charge is 0.273 e. The van der Waals surface area contributed by atoms with E-state index >= 15 is 0 Å². The lowest BCUT2D eigenvalue weighted by Gasteiger charge is -1.99. The van der Waals surface area contributed by atoms with Gasteiger partial charge in [0.15, 0.2) is 17.3 Å². The monoisotopic (exact) mass is 299 g/mol. The predicted octanol–water partition coefficient (Wildman–Crippen LogP) is 1.97. The second-order valence-electron chi connectivity index (χ2n) is 3.44. The van der Waals surface area contributed by atoms with Gasteiger partial charge in [-0.25, -0.2) is 4.98 Å². The average molecular weight is 300 g/mol. The number of aromatic nitrogens is 2. The summed E-state index contributed by atoms with van der Waals surface area (Å²) in [6, 6.07) is 1.68. The molecule has 0 aliphatic rings. The summed E-state index contributed by atoms with van der Waals surface area (Å²) in [6.45, 7) is 3.64. The van der Waals surface area contributed by atoms with Gasteiger partial charge in [0.1, 0.15) is 10.4 Å². The van der Waals surface area contributed by atoms with Gasteiger partial charge in [0, 0.05) is 13.0 Å². The lowest BCUT2D eigenvalue weighted by molar-refractivity contribution is 0.0941. The van der Waals surface area contributed by atoms with Gasteiger partial charge in [-0.15, -0.1) is 0 Å². The Hall–Kier alpha value is -1.63. The standard InChI is InChI=1S/C10H10BrN3O3/c1-5-9(13-6(2)16-5)10(15)12-4-7-3-8(11)14-17-7/h3H,4H2,1-2H3,(H,12,15). The lowest BCUT2D eigenvalue weighted by Crippen LogP contribution is -2.23. The van der Waals surface area contributed by atoms with E-state index in [9.17, 15) is 4.79 Å². The number of halogens is 1. The molecule has 0 fully saturated rings. The van der Waals surface area contributed by atoms with Gasteiger partial charge in [-0.1, -0.05) is 5.16 Å². The largest absolute Gasteiger partial charge is 0.445 e. The van der Waals surface area contributed by atoms with Gasteiger partial charge < -0.3 is 14.3 Å². The molecule has 0 aromatic carbocycles. The van der Waals surface area contributed by atoms with Crippen LogP contribution in [-0.2, 0) is 6.54 Å². The average Bonchev–Trinajstić information content (AvgIpc) is 2.81. The van der Waals surface area contributed by atoms with Crippen LogP contribution in [0.25, 0.3) is 0 Å². The summed E-state index contributed by atoms with van der Waals surface area (Å²) in [5.41, 5.74) is 0.293. The molecule has 0 unspecified atom stereocenters. The third kappa shape index (κ3) is 2.73. The van der Waals surface area contributed by atoms with Crippen LogP contribution in [0.5, 0.6) is 0 Å². The molecule has 2 aromatic rings. The van der Waals surface area contributed by atoms with Crippen LogP contribution in [0.1, 0.15) is 27.9 Å². The second kappa shape index (κ2) is 4.70. The number of carbonyl (C=O) groups is 1. The Bertz CT molecular complexity index is 547. The molecule has 7 heteroatoms. The van der Waals surface area contributed by atoms with Gasteiger partial charge in [0.05, 0.1) is 6.54 Å². The molecule has 17 heavy (non-hydrogen) atoms. The van der Waals surface area contributed by atoms with Crippen LogP contribution in [-0.4, -0.2) is 16.0 Å². The lowest BCUT2D eigenvalue weighted by atomic mass is 10.3. The van der Waals surface area contributed by atoms with Crippen molar-refractivity contribution in [2.45, 2.75) is 20.4 Å². The summed E-state index contributed by atoms with van der Waals surface area (Å²) >= 11 is 3.15. The number of oxazole rings is 1. The summed E-state index contributed by atoms with van der Waals surface area (Å²) in [6.07, 6.45) is 0.